The average molecular weight is 487 g/mol. The summed E-state index contributed by atoms with van der Waals surface area (Å²) in [5, 5.41) is 8.71. The second kappa shape index (κ2) is 12.2. The number of hydrogen-bond acceptors (Lipinski definition) is 6. The van der Waals surface area contributed by atoms with E-state index in [0.717, 1.165) is 5.56 Å². The van der Waals surface area contributed by atoms with E-state index >= 15 is 0 Å². The molecule has 3 amide bonds. The number of nitrogens with zero attached hydrogens (tertiary/aromatic N) is 3. The number of hydrogen-bond donors (Lipinski definition) is 1. The Balaban J connectivity index is 1.94. The molecule has 0 radical (unpaired) electrons. The van der Waals surface area contributed by atoms with Crippen molar-refractivity contribution in [2.75, 3.05) is 47.6 Å². The molecule has 0 saturated carbocycles. The molecule has 9 nitrogen and oxygen atoms in total. The van der Waals surface area contributed by atoms with Crippen molar-refractivity contribution in [3.63, 3.8) is 0 Å². The maximum Gasteiger partial charge on any atom is 0.317 e. The molecule has 1 aliphatic rings. The first-order valence-electron chi connectivity index (χ1n) is 11.3. The normalized spacial score (nSPS) is 14.9. The van der Waals surface area contributed by atoms with Gasteiger partial charge in [-0.15, -0.1) is 0 Å². The molecule has 35 heavy (non-hydrogen) atoms. The minimum absolute atomic E-state index is 0.181. The van der Waals surface area contributed by atoms with Crippen LogP contribution in [0.4, 0.5) is 9.18 Å². The van der Waals surface area contributed by atoms with Gasteiger partial charge in [-0.25, -0.2) is 14.2 Å². The van der Waals surface area contributed by atoms with Crippen molar-refractivity contribution in [1.82, 2.24) is 15.2 Å². The van der Waals surface area contributed by atoms with Crippen molar-refractivity contribution in [2.45, 2.75) is 19.4 Å². The molecule has 3 rings (SSSR count). The molecule has 0 bridgehead atoms. The van der Waals surface area contributed by atoms with Gasteiger partial charge >= 0.3 is 6.03 Å². The Morgan fingerprint density at radius 1 is 1.11 bits per heavy atom. The van der Waals surface area contributed by atoms with Crippen molar-refractivity contribution in [3.8, 4) is 11.5 Å². The van der Waals surface area contributed by atoms with Crippen molar-refractivity contribution < 1.29 is 28.2 Å². The summed E-state index contributed by atoms with van der Waals surface area (Å²) in [6.07, 6.45) is 0.409. The third-order valence-electron chi connectivity index (χ3n) is 5.64. The number of benzene rings is 2. The third kappa shape index (κ3) is 6.27. The van der Waals surface area contributed by atoms with Gasteiger partial charge in [0.1, 0.15) is 12.4 Å². The summed E-state index contributed by atoms with van der Waals surface area (Å²) in [5.74, 6) is 0.377. The zero-order chi connectivity index (χ0) is 25.4. The fourth-order valence-electron chi connectivity index (χ4n) is 3.83. The summed E-state index contributed by atoms with van der Waals surface area (Å²) in [7, 11) is 4.62. The lowest BCUT2D eigenvalue weighted by Gasteiger charge is -2.27. The van der Waals surface area contributed by atoms with Gasteiger partial charge in [-0.1, -0.05) is 18.2 Å². The maximum absolute atomic E-state index is 13.5. The molecule has 1 atom stereocenters. The molecule has 10 heteroatoms. The van der Waals surface area contributed by atoms with Crippen LogP contribution in [0, 0.1) is 5.82 Å². The van der Waals surface area contributed by atoms with Gasteiger partial charge in [0.25, 0.3) is 5.91 Å². The SMILES string of the molecule is CCNC(=O)N(CCOC)CC(=O)N1N=C(c2ccc(F)cc2)C[C@H]1c1ccc(OC)c(OC)c1. The summed E-state index contributed by atoms with van der Waals surface area (Å²) in [6, 6.07) is 10.6. The van der Waals surface area contributed by atoms with Gasteiger partial charge in [-0.05, 0) is 42.3 Å². The van der Waals surface area contributed by atoms with E-state index in [4.69, 9.17) is 14.2 Å². The summed E-state index contributed by atoms with van der Waals surface area (Å²) in [4.78, 5) is 27.4. The van der Waals surface area contributed by atoms with Crippen LogP contribution in [0.2, 0.25) is 0 Å². The molecule has 1 N–H and O–H groups in total. The van der Waals surface area contributed by atoms with Gasteiger partial charge in [0, 0.05) is 26.6 Å². The smallest absolute Gasteiger partial charge is 0.317 e. The first-order chi connectivity index (χ1) is 16.9. The first kappa shape index (κ1) is 26.0. The van der Waals surface area contributed by atoms with E-state index in [0.29, 0.717) is 35.7 Å². The van der Waals surface area contributed by atoms with E-state index in [1.165, 1.54) is 29.2 Å². The van der Waals surface area contributed by atoms with Crippen LogP contribution in [-0.2, 0) is 9.53 Å². The van der Waals surface area contributed by atoms with Crippen LogP contribution in [0.25, 0.3) is 0 Å². The van der Waals surface area contributed by atoms with Crippen LogP contribution in [0.1, 0.15) is 30.5 Å². The first-order valence-corrected chi connectivity index (χ1v) is 11.3. The summed E-state index contributed by atoms with van der Waals surface area (Å²) in [6.45, 7) is 2.59. The van der Waals surface area contributed by atoms with Crippen molar-refractivity contribution in [3.05, 3.63) is 59.4 Å². The number of halogens is 1. The molecule has 0 aliphatic carbocycles. The molecule has 0 unspecified atom stereocenters. The lowest BCUT2D eigenvalue weighted by Crippen LogP contribution is -2.47. The predicted octanol–water partition coefficient (Wildman–Crippen LogP) is 3.20. The Morgan fingerprint density at radius 2 is 1.83 bits per heavy atom. The van der Waals surface area contributed by atoms with Gasteiger partial charge in [-0.3, -0.25) is 4.79 Å². The van der Waals surface area contributed by atoms with Gasteiger partial charge < -0.3 is 24.4 Å². The largest absolute Gasteiger partial charge is 0.493 e. The molecule has 0 saturated heterocycles. The van der Waals surface area contributed by atoms with Crippen molar-refractivity contribution in [1.29, 1.82) is 0 Å². The Morgan fingerprint density at radius 3 is 2.46 bits per heavy atom. The van der Waals surface area contributed by atoms with Crippen LogP contribution in [0.5, 0.6) is 11.5 Å². The molecule has 1 heterocycles. The molecule has 0 spiro atoms. The highest BCUT2D eigenvalue weighted by Gasteiger charge is 2.35. The average Bonchev–Trinajstić information content (AvgIpc) is 3.32. The molecular weight excluding hydrogens is 455 g/mol. The molecule has 1 aliphatic heterocycles. The van der Waals surface area contributed by atoms with E-state index in [-0.39, 0.29) is 37.5 Å². The number of ether oxygens (including phenoxy) is 3. The topological polar surface area (TPSA) is 92.7 Å². The van der Waals surface area contributed by atoms with Gasteiger partial charge in [-0.2, -0.15) is 5.10 Å². The maximum atomic E-state index is 13.5. The Hall–Kier alpha value is -3.66. The number of urea groups is 1. The second-order valence-electron chi connectivity index (χ2n) is 7.88. The number of carbonyl (C=O) groups is 2. The summed E-state index contributed by atoms with van der Waals surface area (Å²) < 4.78 is 29.4. The molecule has 2 aromatic rings. The van der Waals surface area contributed by atoms with Crippen LogP contribution in [0.15, 0.2) is 47.6 Å². The van der Waals surface area contributed by atoms with Crippen LogP contribution < -0.4 is 14.8 Å². The monoisotopic (exact) mass is 486 g/mol. The van der Waals surface area contributed by atoms with E-state index < -0.39 is 6.04 Å². The second-order valence-corrected chi connectivity index (χ2v) is 7.88. The number of nitrogens with one attached hydrogen (secondary N) is 1. The predicted molar refractivity (Wildman–Crippen MR) is 129 cm³/mol. The molecule has 188 valence electrons. The van der Waals surface area contributed by atoms with E-state index in [1.807, 2.05) is 6.07 Å². The lowest BCUT2D eigenvalue weighted by atomic mass is 9.98. The summed E-state index contributed by atoms with van der Waals surface area (Å²) in [5.41, 5.74) is 2.14. The van der Waals surface area contributed by atoms with E-state index in [9.17, 15) is 14.0 Å². The zero-order valence-electron chi connectivity index (χ0n) is 20.4. The Labute approximate surface area is 204 Å². The lowest BCUT2D eigenvalue weighted by molar-refractivity contribution is -0.133. The minimum atomic E-state index is -0.444. The van der Waals surface area contributed by atoms with Gasteiger partial charge in [0.05, 0.1) is 32.6 Å². The number of methoxy groups -OCH3 is 3. The number of carbonyl (C=O) groups excluding carboxylic acids is 2. The number of hydrazone groups is 1. The highest BCUT2D eigenvalue weighted by Crippen LogP contribution is 2.37. The van der Waals surface area contributed by atoms with Crippen molar-refractivity contribution in [2.24, 2.45) is 5.10 Å². The van der Waals surface area contributed by atoms with E-state index in [1.54, 1.807) is 45.4 Å². The zero-order valence-corrected chi connectivity index (χ0v) is 20.4. The quantitative estimate of drug-likeness (QED) is 0.557. The van der Waals surface area contributed by atoms with Gasteiger partial charge in [0.2, 0.25) is 0 Å². The summed E-state index contributed by atoms with van der Waals surface area (Å²) >= 11 is 0. The molecular formula is C25H31FN4O5. The minimum Gasteiger partial charge on any atom is -0.493 e. The fraction of sp³-hybridized carbons (Fsp3) is 0.400. The fourth-order valence-corrected chi connectivity index (χ4v) is 3.83. The molecule has 0 fully saturated rings. The number of rotatable bonds is 10. The highest BCUT2D eigenvalue weighted by atomic mass is 19.1. The highest BCUT2D eigenvalue weighted by molar-refractivity contribution is 6.03. The Kier molecular flexibility index (Phi) is 9.02. The third-order valence-corrected chi connectivity index (χ3v) is 5.64. The standard InChI is InChI=1S/C25H31FN4O5/c1-5-27-25(32)29(12-13-33-2)16-24(31)30-21(18-8-11-22(34-3)23(14-18)35-4)15-20(28-30)17-6-9-19(26)10-7-17/h6-11,14,21H,5,12-13,15-16H2,1-4H3,(H,27,32)/t21-/m0/s1. The van der Waals surface area contributed by atoms with E-state index in [2.05, 4.69) is 10.4 Å². The van der Waals surface area contributed by atoms with Gasteiger partial charge in [0.15, 0.2) is 11.5 Å². The van der Waals surface area contributed by atoms with Crippen LogP contribution in [-0.4, -0.2) is 75.1 Å². The van der Waals surface area contributed by atoms with Crippen molar-refractivity contribution >= 4 is 17.6 Å². The molecule has 0 aromatic heterocycles. The Bertz CT molecular complexity index is 1060. The van der Waals surface area contributed by atoms with Crippen LogP contribution >= 0.6 is 0 Å². The molecule has 2 aromatic carbocycles. The van der Waals surface area contributed by atoms with Crippen LogP contribution in [0.3, 0.4) is 0 Å². The number of amides is 3.